The molecule has 340 valence electrons. The molecule has 0 fully saturated rings. The van der Waals surface area contributed by atoms with Crippen LogP contribution in [0, 0.1) is 0 Å². The molecule has 0 bridgehead atoms. The number of thiocarbonyl (C=S) groups is 1. The van der Waals surface area contributed by atoms with Crippen molar-refractivity contribution in [3.05, 3.63) is 0 Å². The summed E-state index contributed by atoms with van der Waals surface area (Å²) in [6.07, 6.45) is 45.4. The maximum absolute atomic E-state index is 11.6. The Balaban J connectivity index is 4.40. The van der Waals surface area contributed by atoms with Crippen molar-refractivity contribution in [3.8, 4) is 0 Å². The van der Waals surface area contributed by atoms with E-state index in [1.807, 2.05) is 19.0 Å². The fourth-order valence-electron chi connectivity index (χ4n) is 7.97. The standard InChI is InChI=1S/C50H101N3O3S/c1-7-10-13-16-19-28-35-45-55-49(46-54)40-32-25-21-27-34-43-53(44-36-41-51-50(57)52(5)6)42-33-26-20-22-29-37-47(4)56-48(38-30-23-17-14-11-8-2)39-31-24-18-15-12-9-3/h46-49H,7-45H2,1-6H3,(H,51,57). The smallest absolute Gasteiger partial charge is 0.168 e. The largest absolute Gasteiger partial charge is 0.375 e. The maximum atomic E-state index is 11.6. The normalized spacial score (nSPS) is 12.8. The van der Waals surface area contributed by atoms with Gasteiger partial charge in [0.2, 0.25) is 0 Å². The zero-order valence-corrected chi connectivity index (χ0v) is 40.2. The lowest BCUT2D eigenvalue weighted by molar-refractivity contribution is -0.118. The van der Waals surface area contributed by atoms with Crippen molar-refractivity contribution >= 4 is 23.6 Å². The molecule has 0 aromatic rings. The van der Waals surface area contributed by atoms with Crippen LogP contribution in [0.4, 0.5) is 0 Å². The van der Waals surface area contributed by atoms with Gasteiger partial charge in [-0.25, -0.2) is 0 Å². The zero-order valence-electron chi connectivity index (χ0n) is 39.4. The van der Waals surface area contributed by atoms with E-state index in [1.165, 1.54) is 206 Å². The molecule has 0 heterocycles. The van der Waals surface area contributed by atoms with Crippen molar-refractivity contribution in [1.82, 2.24) is 15.1 Å². The van der Waals surface area contributed by atoms with Crippen molar-refractivity contribution < 1.29 is 14.3 Å². The molecular formula is C50H101N3O3S. The third-order valence-corrected chi connectivity index (χ3v) is 12.3. The highest BCUT2D eigenvalue weighted by atomic mass is 32.1. The van der Waals surface area contributed by atoms with Crippen LogP contribution in [-0.4, -0.2) is 86.4 Å². The molecular weight excluding hydrogens is 723 g/mol. The van der Waals surface area contributed by atoms with E-state index in [2.05, 4.69) is 37.9 Å². The molecule has 0 saturated heterocycles. The third-order valence-electron chi connectivity index (χ3n) is 11.8. The van der Waals surface area contributed by atoms with Gasteiger partial charge in [0, 0.05) is 27.2 Å². The van der Waals surface area contributed by atoms with Gasteiger partial charge in [-0.3, -0.25) is 0 Å². The van der Waals surface area contributed by atoms with Gasteiger partial charge in [-0.1, -0.05) is 188 Å². The molecule has 57 heavy (non-hydrogen) atoms. The molecule has 0 radical (unpaired) electrons. The molecule has 0 aliphatic rings. The molecule has 0 aromatic heterocycles. The van der Waals surface area contributed by atoms with Gasteiger partial charge in [-0.2, -0.15) is 0 Å². The monoisotopic (exact) mass is 824 g/mol. The lowest BCUT2D eigenvalue weighted by atomic mass is 10.0. The molecule has 0 amide bonds. The van der Waals surface area contributed by atoms with E-state index in [9.17, 15) is 4.79 Å². The van der Waals surface area contributed by atoms with Crippen molar-refractivity contribution in [1.29, 1.82) is 0 Å². The zero-order chi connectivity index (χ0) is 41.9. The highest BCUT2D eigenvalue weighted by molar-refractivity contribution is 7.80. The first-order chi connectivity index (χ1) is 27.9. The van der Waals surface area contributed by atoms with Crippen LogP contribution in [0.2, 0.25) is 0 Å². The van der Waals surface area contributed by atoms with Crippen molar-refractivity contribution in [2.75, 3.05) is 46.9 Å². The fourth-order valence-corrected chi connectivity index (χ4v) is 8.07. The van der Waals surface area contributed by atoms with E-state index in [1.54, 1.807) is 0 Å². The van der Waals surface area contributed by atoms with Crippen LogP contribution in [-0.2, 0) is 14.3 Å². The van der Waals surface area contributed by atoms with Crippen LogP contribution in [0.5, 0.6) is 0 Å². The van der Waals surface area contributed by atoms with E-state index in [4.69, 9.17) is 21.7 Å². The van der Waals surface area contributed by atoms with Crippen LogP contribution < -0.4 is 5.32 Å². The number of carbonyl (C=O) groups is 1. The summed E-state index contributed by atoms with van der Waals surface area (Å²) < 4.78 is 12.6. The highest BCUT2D eigenvalue weighted by Crippen LogP contribution is 2.20. The lowest BCUT2D eigenvalue weighted by Crippen LogP contribution is -2.36. The summed E-state index contributed by atoms with van der Waals surface area (Å²) >= 11 is 5.44. The van der Waals surface area contributed by atoms with Gasteiger partial charge in [-0.15, -0.1) is 0 Å². The molecule has 0 aliphatic carbocycles. The Morgan fingerprint density at radius 3 is 1.42 bits per heavy atom. The van der Waals surface area contributed by atoms with Gasteiger partial charge in [-0.05, 0) is 90.1 Å². The van der Waals surface area contributed by atoms with Crippen molar-refractivity contribution in [2.45, 2.75) is 264 Å². The molecule has 6 nitrogen and oxygen atoms in total. The lowest BCUT2D eigenvalue weighted by Gasteiger charge is -2.23. The number of unbranched alkanes of at least 4 members (excludes halogenated alkanes) is 24. The van der Waals surface area contributed by atoms with Gasteiger partial charge < -0.3 is 29.4 Å². The highest BCUT2D eigenvalue weighted by Gasteiger charge is 2.14. The number of ether oxygens (including phenoxy) is 2. The molecule has 2 unspecified atom stereocenters. The van der Waals surface area contributed by atoms with E-state index >= 15 is 0 Å². The molecule has 1 N–H and O–H groups in total. The van der Waals surface area contributed by atoms with Crippen molar-refractivity contribution in [2.24, 2.45) is 0 Å². The second-order valence-corrected chi connectivity index (χ2v) is 18.2. The Morgan fingerprint density at radius 1 is 0.544 bits per heavy atom. The van der Waals surface area contributed by atoms with E-state index < -0.39 is 0 Å². The van der Waals surface area contributed by atoms with Gasteiger partial charge >= 0.3 is 0 Å². The molecule has 0 aromatic carbocycles. The SMILES string of the molecule is CCCCCCCCCOC(C=O)CCCCCCCN(CCCCCCCC(C)OC(CCCCCCCC)CCCCCCCC)CCCNC(=S)N(C)C. The topological polar surface area (TPSA) is 54.0 Å². The number of rotatable bonds is 46. The number of nitrogens with one attached hydrogen (secondary N) is 1. The first-order valence-electron chi connectivity index (χ1n) is 25.3. The Morgan fingerprint density at radius 2 is 0.947 bits per heavy atom. The van der Waals surface area contributed by atoms with Gasteiger partial charge in [0.25, 0.3) is 0 Å². The quantitative estimate of drug-likeness (QED) is 0.0373. The first-order valence-corrected chi connectivity index (χ1v) is 25.7. The van der Waals surface area contributed by atoms with Crippen LogP contribution in [0.3, 0.4) is 0 Å². The molecule has 7 heteroatoms. The van der Waals surface area contributed by atoms with E-state index in [0.717, 1.165) is 56.8 Å². The summed E-state index contributed by atoms with van der Waals surface area (Å²) in [5.74, 6) is 0. The minimum Gasteiger partial charge on any atom is -0.375 e. The molecule has 2 atom stereocenters. The predicted octanol–water partition coefficient (Wildman–Crippen LogP) is 14.4. The Labute approximate surface area is 362 Å². The summed E-state index contributed by atoms with van der Waals surface area (Å²) in [5.41, 5.74) is 0. The van der Waals surface area contributed by atoms with Crippen LogP contribution in [0.15, 0.2) is 0 Å². The first kappa shape index (κ1) is 56.2. The number of carbonyl (C=O) groups excluding carboxylic acids is 1. The molecule has 0 aliphatic heterocycles. The van der Waals surface area contributed by atoms with Gasteiger partial charge in [0.05, 0.1) is 12.2 Å². The summed E-state index contributed by atoms with van der Waals surface area (Å²) in [4.78, 5) is 16.2. The Bertz CT molecular complexity index is 815. The Hall–Kier alpha value is -0.760. The summed E-state index contributed by atoms with van der Waals surface area (Å²) in [5, 5.41) is 4.23. The van der Waals surface area contributed by atoms with Gasteiger partial charge in [0.15, 0.2) is 5.11 Å². The summed E-state index contributed by atoms with van der Waals surface area (Å²) in [7, 11) is 4.01. The average Bonchev–Trinajstić information content (AvgIpc) is 3.20. The number of nitrogens with zero attached hydrogens (tertiary/aromatic N) is 2. The average molecular weight is 824 g/mol. The van der Waals surface area contributed by atoms with Gasteiger partial charge in [0.1, 0.15) is 12.4 Å². The fraction of sp³-hybridized carbons (Fsp3) is 0.960. The van der Waals surface area contributed by atoms with Crippen LogP contribution in [0.25, 0.3) is 0 Å². The van der Waals surface area contributed by atoms with Crippen LogP contribution in [0.1, 0.15) is 246 Å². The molecule has 0 rings (SSSR count). The third kappa shape index (κ3) is 40.4. The second-order valence-electron chi connectivity index (χ2n) is 17.8. The maximum Gasteiger partial charge on any atom is 0.168 e. The molecule has 0 saturated carbocycles. The van der Waals surface area contributed by atoms with Crippen LogP contribution >= 0.6 is 12.2 Å². The van der Waals surface area contributed by atoms with E-state index in [0.29, 0.717) is 12.2 Å². The predicted molar refractivity (Wildman–Crippen MR) is 255 cm³/mol. The summed E-state index contributed by atoms with van der Waals surface area (Å²) in [6, 6.07) is 0. The van der Waals surface area contributed by atoms with E-state index in [-0.39, 0.29) is 6.10 Å². The minimum absolute atomic E-state index is 0.210. The number of hydrogen-bond acceptors (Lipinski definition) is 5. The summed E-state index contributed by atoms with van der Waals surface area (Å²) in [6.45, 7) is 14.4. The van der Waals surface area contributed by atoms with Crippen molar-refractivity contribution in [3.63, 3.8) is 0 Å². The molecule has 0 spiro atoms. The number of aldehydes is 1. The Kier molecular flexibility index (Phi) is 44.2. The second kappa shape index (κ2) is 44.8. The number of hydrogen-bond donors (Lipinski definition) is 1. The minimum atomic E-state index is -0.210.